The van der Waals surface area contributed by atoms with Crippen LogP contribution in [0.5, 0.6) is 0 Å². The molecule has 1 saturated carbocycles. The Morgan fingerprint density at radius 1 is 1.25 bits per heavy atom. The molecule has 13 heteroatoms. The molecule has 0 radical (unpaired) electrons. The van der Waals surface area contributed by atoms with Gasteiger partial charge in [-0.1, -0.05) is 5.21 Å². The van der Waals surface area contributed by atoms with Crippen LogP contribution in [0, 0.1) is 5.92 Å². The van der Waals surface area contributed by atoms with Gasteiger partial charge in [0.1, 0.15) is 6.10 Å². The van der Waals surface area contributed by atoms with Gasteiger partial charge < -0.3 is 15.5 Å². The van der Waals surface area contributed by atoms with Crippen molar-refractivity contribution in [1.29, 1.82) is 0 Å². The second-order valence-electron chi connectivity index (χ2n) is 7.14. The fraction of sp³-hybridized carbons (Fsp3) is 0.800. The van der Waals surface area contributed by atoms with Crippen molar-refractivity contribution in [2.75, 3.05) is 24.6 Å². The van der Waals surface area contributed by atoms with Crippen LogP contribution >= 0.6 is 24.8 Å². The zero-order chi connectivity index (χ0) is 18.9. The van der Waals surface area contributed by atoms with Crippen LogP contribution in [0.2, 0.25) is 0 Å². The topological polar surface area (TPSA) is 138 Å². The Bertz CT molecular complexity index is 748. The summed E-state index contributed by atoms with van der Waals surface area (Å²) in [7, 11) is -2.91. The Morgan fingerprint density at radius 2 is 1.89 bits per heavy atom. The Morgan fingerprint density at radius 3 is 2.50 bits per heavy atom. The van der Waals surface area contributed by atoms with Crippen LogP contribution in [0.1, 0.15) is 19.0 Å². The summed E-state index contributed by atoms with van der Waals surface area (Å²) in [6.07, 6.45) is 0.295. The molecule has 0 aromatic carbocycles. The Hall–Kier alpha value is -0.980. The van der Waals surface area contributed by atoms with Crippen molar-refractivity contribution >= 4 is 40.6 Å². The fourth-order valence-electron chi connectivity index (χ4n) is 3.59. The zero-order valence-electron chi connectivity index (χ0n) is 15.5. The van der Waals surface area contributed by atoms with E-state index in [1.807, 2.05) is 4.90 Å². The van der Waals surface area contributed by atoms with Crippen LogP contribution in [0.3, 0.4) is 0 Å². The van der Waals surface area contributed by atoms with E-state index in [2.05, 4.69) is 15.6 Å². The van der Waals surface area contributed by atoms with Crippen molar-refractivity contribution in [2.45, 2.75) is 44.7 Å². The smallest absolute Gasteiger partial charge is 0.217 e. The molecule has 1 saturated heterocycles. The van der Waals surface area contributed by atoms with E-state index in [0.29, 0.717) is 32.6 Å². The summed E-state index contributed by atoms with van der Waals surface area (Å²) in [5.41, 5.74) is 0.732. The number of rotatable bonds is 5. The highest BCUT2D eigenvalue weighted by Gasteiger charge is 2.42. The first kappa shape index (κ1) is 25.1. The summed E-state index contributed by atoms with van der Waals surface area (Å²) in [5.74, 6) is -0.152. The third-order valence-electron chi connectivity index (χ3n) is 5.02. The van der Waals surface area contributed by atoms with Gasteiger partial charge in [0.2, 0.25) is 5.91 Å². The lowest BCUT2D eigenvalue weighted by Crippen LogP contribution is -2.42. The average Bonchev–Trinajstić information content (AvgIpc) is 3.10. The molecule has 10 nitrogen and oxygen atoms in total. The molecule has 1 aliphatic heterocycles. The van der Waals surface area contributed by atoms with Gasteiger partial charge in [-0.2, -0.15) is 0 Å². The molecule has 4 atom stereocenters. The standard InChI is InChI=1S/C15H25N5O5S.2ClH/c1-10(21)16-13-6-11(14(22)15(13)23)7-20-9-12(17-18-20)8-19-2-4-26(24,25)5-3-19;;/h9,11,13-15,22-23H,2-8H2,1H3,(H,16,21);2*1H/t11-,13-,14-,15+;;/m1../s1. The van der Waals surface area contributed by atoms with E-state index in [-0.39, 0.29) is 48.1 Å². The second-order valence-corrected chi connectivity index (χ2v) is 9.45. The number of aliphatic hydroxyl groups is 2. The molecule has 2 aliphatic rings. The number of nitrogens with one attached hydrogen (secondary N) is 1. The first-order valence-corrected chi connectivity index (χ1v) is 10.5. The third kappa shape index (κ3) is 6.26. The van der Waals surface area contributed by atoms with E-state index in [4.69, 9.17) is 0 Å². The van der Waals surface area contributed by atoms with E-state index in [1.54, 1.807) is 10.9 Å². The molecular formula is C15H27Cl2N5O5S. The predicted molar refractivity (Wildman–Crippen MR) is 106 cm³/mol. The van der Waals surface area contributed by atoms with E-state index >= 15 is 0 Å². The van der Waals surface area contributed by atoms with E-state index in [1.165, 1.54) is 6.92 Å². The van der Waals surface area contributed by atoms with Crippen molar-refractivity contribution < 1.29 is 23.4 Å². The number of carbonyl (C=O) groups excluding carboxylic acids is 1. The number of aromatic nitrogens is 3. The van der Waals surface area contributed by atoms with Gasteiger partial charge >= 0.3 is 0 Å². The molecule has 2 fully saturated rings. The van der Waals surface area contributed by atoms with Crippen LogP contribution in [0.15, 0.2) is 6.20 Å². The number of nitrogens with zero attached hydrogens (tertiary/aromatic N) is 4. The van der Waals surface area contributed by atoms with Crippen LogP contribution in [-0.4, -0.2) is 87.3 Å². The van der Waals surface area contributed by atoms with Gasteiger partial charge in [0.05, 0.1) is 29.3 Å². The molecule has 0 spiro atoms. The minimum absolute atomic E-state index is 0. The summed E-state index contributed by atoms with van der Waals surface area (Å²) >= 11 is 0. The number of hydrogen-bond donors (Lipinski definition) is 3. The van der Waals surface area contributed by atoms with E-state index in [9.17, 15) is 23.4 Å². The molecule has 3 N–H and O–H groups in total. The number of carbonyl (C=O) groups is 1. The van der Waals surface area contributed by atoms with Crippen LogP contribution in [0.25, 0.3) is 0 Å². The second kappa shape index (κ2) is 10.2. The highest BCUT2D eigenvalue weighted by molar-refractivity contribution is 7.91. The van der Waals surface area contributed by atoms with Gasteiger partial charge in [0, 0.05) is 45.2 Å². The van der Waals surface area contributed by atoms with Crippen molar-refractivity contribution in [3.63, 3.8) is 0 Å². The Kier molecular flexibility index (Phi) is 9.10. The molecule has 1 amide bonds. The molecule has 28 heavy (non-hydrogen) atoms. The summed E-state index contributed by atoms with van der Waals surface area (Å²) in [6.45, 7) is 3.26. The largest absolute Gasteiger partial charge is 0.390 e. The maximum Gasteiger partial charge on any atom is 0.217 e. The monoisotopic (exact) mass is 459 g/mol. The van der Waals surface area contributed by atoms with Gasteiger partial charge in [-0.05, 0) is 6.42 Å². The van der Waals surface area contributed by atoms with Crippen LogP contribution in [-0.2, 0) is 27.7 Å². The lowest BCUT2D eigenvalue weighted by molar-refractivity contribution is -0.120. The van der Waals surface area contributed by atoms with Crippen molar-refractivity contribution in [1.82, 2.24) is 25.2 Å². The fourth-order valence-corrected chi connectivity index (χ4v) is 4.86. The number of halogens is 2. The maximum atomic E-state index is 11.5. The molecule has 3 rings (SSSR count). The van der Waals surface area contributed by atoms with E-state index in [0.717, 1.165) is 5.69 Å². The lowest BCUT2D eigenvalue weighted by Gasteiger charge is -2.25. The molecule has 1 aromatic rings. The third-order valence-corrected chi connectivity index (χ3v) is 6.63. The Labute approximate surface area is 176 Å². The molecule has 162 valence electrons. The van der Waals surface area contributed by atoms with Gasteiger partial charge in [-0.3, -0.25) is 14.4 Å². The normalized spacial score (nSPS) is 29.5. The average molecular weight is 460 g/mol. The number of amides is 1. The van der Waals surface area contributed by atoms with E-state index < -0.39 is 28.1 Å². The summed E-state index contributed by atoms with van der Waals surface area (Å²) in [6, 6.07) is -0.467. The van der Waals surface area contributed by atoms with Crippen molar-refractivity contribution in [3.8, 4) is 0 Å². The zero-order valence-corrected chi connectivity index (χ0v) is 17.9. The molecule has 0 bridgehead atoms. The van der Waals surface area contributed by atoms with Gasteiger partial charge in [0.25, 0.3) is 0 Å². The molecule has 1 aliphatic carbocycles. The summed E-state index contributed by atoms with van der Waals surface area (Å²) < 4.78 is 24.6. The molecule has 1 aromatic heterocycles. The van der Waals surface area contributed by atoms with Gasteiger partial charge in [-0.25, -0.2) is 8.42 Å². The highest BCUT2D eigenvalue weighted by Crippen LogP contribution is 2.28. The number of aliphatic hydroxyl groups excluding tert-OH is 2. The highest BCUT2D eigenvalue weighted by atomic mass is 35.5. The minimum Gasteiger partial charge on any atom is -0.390 e. The Balaban J connectivity index is 0.00000196. The van der Waals surface area contributed by atoms with Gasteiger partial charge in [0.15, 0.2) is 9.84 Å². The number of hydrogen-bond acceptors (Lipinski definition) is 8. The molecule has 0 unspecified atom stereocenters. The summed E-state index contributed by atoms with van der Waals surface area (Å²) in [4.78, 5) is 13.2. The number of sulfone groups is 1. The molecule has 2 heterocycles. The van der Waals surface area contributed by atoms with Crippen molar-refractivity contribution in [2.24, 2.45) is 5.92 Å². The van der Waals surface area contributed by atoms with Crippen LogP contribution < -0.4 is 5.32 Å². The van der Waals surface area contributed by atoms with Crippen molar-refractivity contribution in [3.05, 3.63) is 11.9 Å². The summed E-state index contributed by atoms with van der Waals surface area (Å²) in [5, 5.41) is 31.1. The first-order chi connectivity index (χ1) is 12.2. The maximum absolute atomic E-state index is 11.5. The van der Waals surface area contributed by atoms with Gasteiger partial charge in [-0.15, -0.1) is 29.9 Å². The SMILES string of the molecule is CC(=O)N[C@@H]1C[C@H](Cn2cc(CN3CCS(=O)(=O)CC3)nn2)[C@@H](O)[C@H]1O.Cl.Cl. The quantitative estimate of drug-likeness (QED) is 0.488. The predicted octanol–water partition coefficient (Wildman–Crippen LogP) is -1.40. The lowest BCUT2D eigenvalue weighted by atomic mass is 10.1. The minimum atomic E-state index is -2.91. The molecular weight excluding hydrogens is 433 g/mol. The van der Waals surface area contributed by atoms with Crippen LogP contribution in [0.4, 0.5) is 0 Å². The first-order valence-electron chi connectivity index (χ1n) is 8.68.